The molecule has 1 aliphatic rings. The second kappa shape index (κ2) is 6.86. The Bertz CT molecular complexity index is 764. The van der Waals surface area contributed by atoms with Crippen molar-refractivity contribution < 1.29 is 19.0 Å². The van der Waals surface area contributed by atoms with E-state index < -0.39 is 5.97 Å². The molecule has 1 aliphatic carbocycles. The number of ether oxygens (including phenoxy) is 1. The van der Waals surface area contributed by atoms with Gasteiger partial charge in [0.15, 0.2) is 11.6 Å². The summed E-state index contributed by atoms with van der Waals surface area (Å²) in [5.74, 6) is -0.978. The predicted molar refractivity (Wildman–Crippen MR) is 88.3 cm³/mol. The van der Waals surface area contributed by atoms with Crippen LogP contribution in [0.2, 0.25) is 0 Å². The van der Waals surface area contributed by atoms with E-state index in [0.717, 1.165) is 30.4 Å². The van der Waals surface area contributed by atoms with Gasteiger partial charge < -0.3 is 15.2 Å². The van der Waals surface area contributed by atoms with Crippen molar-refractivity contribution in [2.45, 2.75) is 25.2 Å². The Hall–Kier alpha value is -2.63. The number of nitrogens with zero attached hydrogens (tertiary/aromatic N) is 1. The number of aromatic nitrogens is 1. The minimum Gasteiger partial charge on any atom is -0.494 e. The molecule has 24 heavy (non-hydrogen) atoms. The van der Waals surface area contributed by atoms with Gasteiger partial charge in [-0.3, -0.25) is 4.98 Å². The maximum atomic E-state index is 14.1. The van der Waals surface area contributed by atoms with E-state index in [0.29, 0.717) is 12.2 Å². The predicted octanol–water partition coefficient (Wildman–Crippen LogP) is 3.46. The van der Waals surface area contributed by atoms with Crippen LogP contribution in [0, 0.1) is 5.82 Å². The van der Waals surface area contributed by atoms with E-state index in [9.17, 15) is 14.3 Å². The molecule has 1 atom stereocenters. The summed E-state index contributed by atoms with van der Waals surface area (Å²) >= 11 is 0. The van der Waals surface area contributed by atoms with E-state index in [-0.39, 0.29) is 23.0 Å². The molecule has 0 spiro atoms. The van der Waals surface area contributed by atoms with Crippen molar-refractivity contribution >= 4 is 11.7 Å². The third kappa shape index (κ3) is 3.18. The van der Waals surface area contributed by atoms with Gasteiger partial charge in [0.25, 0.3) is 0 Å². The van der Waals surface area contributed by atoms with E-state index in [1.165, 1.54) is 25.6 Å². The molecule has 1 heterocycles. The van der Waals surface area contributed by atoms with Crippen LogP contribution in [-0.4, -0.2) is 29.7 Å². The van der Waals surface area contributed by atoms with Gasteiger partial charge in [-0.15, -0.1) is 0 Å². The Labute approximate surface area is 139 Å². The fourth-order valence-electron chi connectivity index (χ4n) is 3.23. The van der Waals surface area contributed by atoms with Crippen molar-refractivity contribution in [2.75, 3.05) is 19.0 Å². The molecule has 0 amide bonds. The quantitative estimate of drug-likeness (QED) is 0.878. The number of carboxylic acids is 1. The van der Waals surface area contributed by atoms with Crippen LogP contribution in [0.1, 0.15) is 40.2 Å². The smallest absolute Gasteiger partial charge is 0.337 e. The van der Waals surface area contributed by atoms with Crippen molar-refractivity contribution in [3.8, 4) is 5.75 Å². The first kappa shape index (κ1) is 16.2. The van der Waals surface area contributed by atoms with Crippen LogP contribution in [0.5, 0.6) is 5.75 Å². The standard InChI is InChI=1S/C18H19FN2O3/c1-24-17-7-11-3-2-4-12(14(11)8-15(17)19)9-21-16-10-20-6-5-13(16)18(22)23/h5-8,10,12,21H,2-4,9H2,1H3,(H,22,23)/t12-/m1/s1. The average molecular weight is 330 g/mol. The van der Waals surface area contributed by atoms with Gasteiger partial charge >= 0.3 is 5.97 Å². The Kier molecular flexibility index (Phi) is 4.64. The van der Waals surface area contributed by atoms with Gasteiger partial charge in [0.1, 0.15) is 0 Å². The highest BCUT2D eigenvalue weighted by Gasteiger charge is 2.23. The maximum Gasteiger partial charge on any atom is 0.337 e. The van der Waals surface area contributed by atoms with Crippen LogP contribution >= 0.6 is 0 Å². The lowest BCUT2D eigenvalue weighted by Crippen LogP contribution is -2.19. The molecule has 5 nitrogen and oxygen atoms in total. The summed E-state index contributed by atoms with van der Waals surface area (Å²) < 4.78 is 19.1. The lowest BCUT2D eigenvalue weighted by molar-refractivity contribution is 0.0698. The van der Waals surface area contributed by atoms with E-state index in [4.69, 9.17) is 4.74 Å². The van der Waals surface area contributed by atoms with Crippen LogP contribution in [-0.2, 0) is 6.42 Å². The molecule has 126 valence electrons. The first-order valence-electron chi connectivity index (χ1n) is 7.87. The van der Waals surface area contributed by atoms with Crippen molar-refractivity contribution in [1.82, 2.24) is 4.98 Å². The molecule has 0 saturated carbocycles. The lowest BCUT2D eigenvalue weighted by Gasteiger charge is -2.27. The van der Waals surface area contributed by atoms with Crippen molar-refractivity contribution in [2.24, 2.45) is 0 Å². The van der Waals surface area contributed by atoms with Crippen molar-refractivity contribution in [3.63, 3.8) is 0 Å². The summed E-state index contributed by atoms with van der Waals surface area (Å²) in [5, 5.41) is 12.4. The molecule has 0 fully saturated rings. The first-order chi connectivity index (χ1) is 11.6. The highest BCUT2D eigenvalue weighted by atomic mass is 19.1. The summed E-state index contributed by atoms with van der Waals surface area (Å²) in [6.45, 7) is 0.532. The van der Waals surface area contributed by atoms with Gasteiger partial charge in [0, 0.05) is 18.7 Å². The Morgan fingerprint density at radius 1 is 1.50 bits per heavy atom. The van der Waals surface area contributed by atoms with E-state index in [2.05, 4.69) is 10.3 Å². The van der Waals surface area contributed by atoms with Crippen LogP contribution in [0.15, 0.2) is 30.6 Å². The molecule has 6 heteroatoms. The molecule has 0 radical (unpaired) electrons. The molecule has 2 aromatic rings. The van der Waals surface area contributed by atoms with Crippen LogP contribution in [0.3, 0.4) is 0 Å². The zero-order valence-electron chi connectivity index (χ0n) is 13.4. The fraction of sp³-hybridized carbons (Fsp3) is 0.333. The maximum absolute atomic E-state index is 14.1. The molecule has 0 bridgehead atoms. The topological polar surface area (TPSA) is 71.5 Å². The molecule has 1 aromatic carbocycles. The van der Waals surface area contributed by atoms with Gasteiger partial charge in [-0.1, -0.05) is 0 Å². The zero-order valence-corrected chi connectivity index (χ0v) is 13.4. The van der Waals surface area contributed by atoms with Crippen molar-refractivity contribution in [1.29, 1.82) is 0 Å². The van der Waals surface area contributed by atoms with Gasteiger partial charge in [0.05, 0.1) is 24.6 Å². The number of nitrogens with one attached hydrogen (secondary N) is 1. The number of methoxy groups -OCH3 is 1. The summed E-state index contributed by atoms with van der Waals surface area (Å²) in [5.41, 5.74) is 2.72. The average Bonchev–Trinajstić information content (AvgIpc) is 2.59. The van der Waals surface area contributed by atoms with Gasteiger partial charge in [0.2, 0.25) is 0 Å². The molecule has 0 unspecified atom stereocenters. The number of halogens is 1. The number of anilines is 1. The largest absolute Gasteiger partial charge is 0.494 e. The highest BCUT2D eigenvalue weighted by molar-refractivity contribution is 5.93. The minimum atomic E-state index is -1.00. The van der Waals surface area contributed by atoms with Crippen LogP contribution < -0.4 is 10.1 Å². The number of carbonyl (C=O) groups is 1. The van der Waals surface area contributed by atoms with E-state index in [1.54, 1.807) is 12.1 Å². The number of fused-ring (bicyclic) bond motifs is 1. The van der Waals surface area contributed by atoms with E-state index in [1.807, 2.05) is 0 Å². The highest BCUT2D eigenvalue weighted by Crippen LogP contribution is 2.35. The van der Waals surface area contributed by atoms with Crippen molar-refractivity contribution in [3.05, 3.63) is 53.1 Å². The van der Waals surface area contributed by atoms with Crippen LogP contribution in [0.25, 0.3) is 0 Å². The summed E-state index contributed by atoms with van der Waals surface area (Å²) in [7, 11) is 1.46. The number of pyridine rings is 1. The van der Waals surface area contributed by atoms with Gasteiger partial charge in [-0.25, -0.2) is 9.18 Å². The molecular formula is C18H19FN2O3. The Balaban J connectivity index is 1.81. The number of hydrogen-bond acceptors (Lipinski definition) is 4. The molecular weight excluding hydrogens is 311 g/mol. The molecule has 2 N–H and O–H groups in total. The van der Waals surface area contributed by atoms with Crippen LogP contribution in [0.4, 0.5) is 10.1 Å². The second-order valence-electron chi connectivity index (χ2n) is 5.88. The summed E-state index contributed by atoms with van der Waals surface area (Å²) in [6, 6.07) is 4.77. The summed E-state index contributed by atoms with van der Waals surface area (Å²) in [4.78, 5) is 15.2. The summed E-state index contributed by atoms with van der Waals surface area (Å²) in [6.07, 6.45) is 5.78. The Morgan fingerprint density at radius 3 is 3.08 bits per heavy atom. The number of aromatic carboxylic acids is 1. The number of aryl methyl sites for hydroxylation is 1. The van der Waals surface area contributed by atoms with Gasteiger partial charge in [-0.05, 0) is 48.6 Å². The number of rotatable bonds is 5. The Morgan fingerprint density at radius 2 is 2.33 bits per heavy atom. The third-order valence-electron chi connectivity index (χ3n) is 4.44. The minimum absolute atomic E-state index is 0.121. The number of hydrogen-bond donors (Lipinski definition) is 2. The third-order valence-corrected chi connectivity index (χ3v) is 4.44. The normalized spacial score (nSPS) is 16.3. The fourth-order valence-corrected chi connectivity index (χ4v) is 3.23. The molecule has 0 saturated heterocycles. The first-order valence-corrected chi connectivity index (χ1v) is 7.87. The molecule has 1 aromatic heterocycles. The lowest BCUT2D eigenvalue weighted by atomic mass is 9.82. The molecule has 3 rings (SSSR count). The monoisotopic (exact) mass is 330 g/mol. The SMILES string of the molecule is COc1cc2c(cc1F)[C@@H](CNc1cnccc1C(=O)O)CCC2. The zero-order chi connectivity index (χ0) is 17.1. The molecule has 0 aliphatic heterocycles. The second-order valence-corrected chi connectivity index (χ2v) is 5.88. The number of carboxylic acid groups (broad SMARTS) is 1. The van der Waals surface area contributed by atoms with Gasteiger partial charge in [-0.2, -0.15) is 0 Å². The number of benzene rings is 1. The van der Waals surface area contributed by atoms with E-state index >= 15 is 0 Å².